The van der Waals surface area contributed by atoms with Crippen molar-refractivity contribution in [1.29, 1.82) is 0 Å². The van der Waals surface area contributed by atoms with Crippen molar-refractivity contribution >= 4 is 27.5 Å². The van der Waals surface area contributed by atoms with E-state index in [0.29, 0.717) is 11.3 Å². The van der Waals surface area contributed by atoms with Crippen LogP contribution in [-0.2, 0) is 39.3 Å². The molecule has 24 heavy (non-hydrogen) atoms. The van der Waals surface area contributed by atoms with Gasteiger partial charge in [0.2, 0.25) is 5.56 Å². The minimum Gasteiger partial charge on any atom is -0.481 e. The average Bonchev–Trinajstić information content (AvgIpc) is 2.50. The van der Waals surface area contributed by atoms with Gasteiger partial charge in [-0.3, -0.25) is 4.79 Å². The summed E-state index contributed by atoms with van der Waals surface area (Å²) in [6.07, 6.45) is 2.42. The van der Waals surface area contributed by atoms with Gasteiger partial charge < -0.3 is 9.30 Å². The summed E-state index contributed by atoms with van der Waals surface area (Å²) in [5.74, 6) is 2.76. The smallest absolute Gasteiger partial charge is 0.256 e. The van der Waals surface area contributed by atoms with Crippen LogP contribution in [0.15, 0.2) is 33.5 Å². The molecule has 1 heterocycles. The number of aromatic nitrogens is 1. The fourth-order valence-corrected chi connectivity index (χ4v) is 2.53. The first kappa shape index (κ1) is 21.3. The first-order valence-electron chi connectivity index (χ1n) is 6.39. The van der Waals surface area contributed by atoms with E-state index in [1.165, 1.54) is 12.1 Å². The normalized spacial score (nSPS) is 10.2. The number of alkyl halides is 2. The monoisotopic (exact) mass is 489 g/mol. The number of hydrogen-bond donors (Lipinski definition) is 0. The van der Waals surface area contributed by atoms with Gasteiger partial charge >= 0.3 is 0 Å². The maximum absolute atomic E-state index is 12.8. The van der Waals surface area contributed by atoms with E-state index in [0.717, 1.165) is 4.57 Å². The van der Waals surface area contributed by atoms with Crippen molar-refractivity contribution in [3.05, 3.63) is 50.2 Å². The van der Waals surface area contributed by atoms with Crippen LogP contribution in [0.1, 0.15) is 0 Å². The second kappa shape index (κ2) is 9.67. The molecule has 0 fully saturated rings. The maximum atomic E-state index is 12.8. The van der Waals surface area contributed by atoms with E-state index in [1.54, 1.807) is 12.1 Å². The number of hydrogen-bond acceptors (Lipinski definition) is 2. The second-order valence-corrected chi connectivity index (χ2v) is 5.69. The number of rotatable bonds is 5. The number of halogens is 4. The van der Waals surface area contributed by atoms with E-state index in [9.17, 15) is 13.6 Å². The summed E-state index contributed by atoms with van der Waals surface area (Å²) < 4.78 is 31.9. The van der Waals surface area contributed by atoms with Crippen molar-refractivity contribution in [2.75, 3.05) is 6.61 Å². The Morgan fingerprint density at radius 3 is 2.75 bits per heavy atom. The van der Waals surface area contributed by atoms with Crippen LogP contribution in [0.2, 0.25) is 5.02 Å². The van der Waals surface area contributed by atoms with Crippen LogP contribution in [0.4, 0.5) is 8.78 Å². The Bertz CT molecular complexity index is 821. The zero-order valence-corrected chi connectivity index (χ0v) is 17.4. The predicted octanol–water partition coefficient (Wildman–Crippen LogP) is 4.01. The molecule has 3 nitrogen and oxygen atoms in total. The SMILES string of the molecule is C#CCOc1ccc(-c2[c-]cc(Br)c(=O)n2CC(F)F)c(Cl)c1.[Y]. The van der Waals surface area contributed by atoms with E-state index in [1.807, 2.05) is 0 Å². The second-order valence-electron chi connectivity index (χ2n) is 4.43. The summed E-state index contributed by atoms with van der Waals surface area (Å²) in [6, 6.07) is 8.83. The van der Waals surface area contributed by atoms with Gasteiger partial charge in [0.1, 0.15) is 12.4 Å². The molecule has 0 saturated carbocycles. The molecule has 2 rings (SSSR count). The van der Waals surface area contributed by atoms with Crippen LogP contribution in [0.25, 0.3) is 11.3 Å². The van der Waals surface area contributed by atoms with Crippen LogP contribution >= 0.6 is 27.5 Å². The fraction of sp³-hybridized carbons (Fsp3) is 0.188. The van der Waals surface area contributed by atoms with Gasteiger partial charge in [-0.25, -0.2) is 8.78 Å². The Morgan fingerprint density at radius 2 is 2.17 bits per heavy atom. The van der Waals surface area contributed by atoms with Gasteiger partial charge in [-0.1, -0.05) is 28.8 Å². The third-order valence-corrected chi connectivity index (χ3v) is 3.77. The molecule has 2 aromatic rings. The molecule has 0 aliphatic heterocycles. The Labute approximate surface area is 176 Å². The summed E-state index contributed by atoms with van der Waals surface area (Å²) in [5.41, 5.74) is -0.0141. The molecule has 0 atom stereocenters. The molecular weight excluding hydrogens is 480 g/mol. The van der Waals surface area contributed by atoms with Crippen molar-refractivity contribution in [3.63, 3.8) is 0 Å². The molecule has 0 saturated heterocycles. The summed E-state index contributed by atoms with van der Waals surface area (Å²) in [7, 11) is 0. The first-order valence-corrected chi connectivity index (χ1v) is 7.56. The Hall–Kier alpha value is -0.736. The largest absolute Gasteiger partial charge is 0.481 e. The van der Waals surface area contributed by atoms with Gasteiger partial charge in [-0.15, -0.1) is 28.4 Å². The van der Waals surface area contributed by atoms with Gasteiger partial charge in [0.05, 0.1) is 6.54 Å². The van der Waals surface area contributed by atoms with Gasteiger partial charge in [-0.2, -0.15) is 12.1 Å². The number of pyridine rings is 1. The van der Waals surface area contributed by atoms with E-state index in [4.69, 9.17) is 22.8 Å². The summed E-state index contributed by atoms with van der Waals surface area (Å²) in [4.78, 5) is 12.1. The molecule has 0 aliphatic carbocycles. The molecule has 8 heteroatoms. The molecule has 0 N–H and O–H groups in total. The molecular formula is C16H10BrClF2NO2Y-. The van der Waals surface area contributed by atoms with E-state index in [-0.39, 0.29) is 54.5 Å². The van der Waals surface area contributed by atoms with E-state index < -0.39 is 18.5 Å². The number of ether oxygens (including phenoxy) is 1. The summed E-state index contributed by atoms with van der Waals surface area (Å²) >= 11 is 9.20. The van der Waals surface area contributed by atoms with Crippen molar-refractivity contribution < 1.29 is 46.2 Å². The molecule has 0 spiro atoms. The van der Waals surface area contributed by atoms with Crippen molar-refractivity contribution in [3.8, 4) is 29.4 Å². The van der Waals surface area contributed by atoms with Gasteiger partial charge in [-0.05, 0) is 21.6 Å². The zero-order chi connectivity index (χ0) is 17.0. The van der Waals surface area contributed by atoms with Crippen LogP contribution < -0.4 is 10.3 Å². The van der Waals surface area contributed by atoms with Crippen LogP contribution in [0.3, 0.4) is 0 Å². The number of terminal acetylenes is 1. The van der Waals surface area contributed by atoms with E-state index >= 15 is 0 Å². The Morgan fingerprint density at radius 1 is 1.46 bits per heavy atom. The van der Waals surface area contributed by atoms with Crippen molar-refractivity contribution in [2.45, 2.75) is 13.0 Å². The molecule has 0 aliphatic rings. The average molecular weight is 491 g/mol. The van der Waals surface area contributed by atoms with Gasteiger partial charge in [0, 0.05) is 32.7 Å². The zero-order valence-electron chi connectivity index (χ0n) is 12.2. The van der Waals surface area contributed by atoms with Gasteiger partial charge in [0.15, 0.2) is 0 Å². The summed E-state index contributed by atoms with van der Waals surface area (Å²) in [6.45, 7) is -0.675. The molecule has 0 amide bonds. The van der Waals surface area contributed by atoms with Crippen molar-refractivity contribution in [1.82, 2.24) is 4.57 Å². The number of benzene rings is 1. The quantitative estimate of drug-likeness (QED) is 0.469. The van der Waals surface area contributed by atoms with Gasteiger partial charge in [0.25, 0.3) is 6.43 Å². The Balaban J connectivity index is 0.00000288. The fourth-order valence-electron chi connectivity index (χ4n) is 1.94. The molecule has 123 valence electrons. The van der Waals surface area contributed by atoms with Crippen LogP contribution in [-0.4, -0.2) is 17.6 Å². The molecule has 1 radical (unpaired) electrons. The van der Waals surface area contributed by atoms with Crippen LogP contribution in [0.5, 0.6) is 5.75 Å². The Kier molecular flexibility index (Phi) is 8.59. The third-order valence-electron chi connectivity index (χ3n) is 2.89. The van der Waals surface area contributed by atoms with Crippen molar-refractivity contribution in [2.24, 2.45) is 0 Å². The summed E-state index contributed by atoms with van der Waals surface area (Å²) in [5, 5.41) is 0.237. The minimum absolute atomic E-state index is 0. The topological polar surface area (TPSA) is 31.2 Å². The van der Waals surface area contributed by atoms with E-state index in [2.05, 4.69) is 27.9 Å². The molecule has 1 aromatic heterocycles. The molecule has 1 aromatic carbocycles. The first-order chi connectivity index (χ1) is 10.9. The standard InChI is InChI=1S/C16H10BrClF2NO2.Y/c1-2-7-23-10-3-4-11(13(18)8-10)14-6-5-12(17)16(22)21(14)9-15(19)20;/h1,3-5,8,15H,7,9H2;/q-1;. The molecule has 0 unspecified atom stereocenters. The van der Waals surface area contributed by atoms with Crippen LogP contribution in [0, 0.1) is 18.4 Å². The number of nitrogens with zero attached hydrogens (tertiary/aromatic N) is 1. The third kappa shape index (κ3) is 5.13. The predicted molar refractivity (Wildman–Crippen MR) is 88.0 cm³/mol. The minimum atomic E-state index is -2.69. The maximum Gasteiger partial charge on any atom is 0.256 e. The molecule has 0 bridgehead atoms.